The quantitative estimate of drug-likeness (QED) is 0.478. The standard InChI is InChI=1S/C6H10FIOS2/c1-2-5(9)6(7,8)11-4-3-10/h10H,2-4H2,1H3. The van der Waals surface area contributed by atoms with Gasteiger partial charge in [-0.3, -0.25) is 4.79 Å². The van der Waals surface area contributed by atoms with Gasteiger partial charge in [-0.2, -0.15) is 12.6 Å². The van der Waals surface area contributed by atoms with Crippen molar-refractivity contribution in [3.05, 3.63) is 0 Å². The van der Waals surface area contributed by atoms with Crippen LogP contribution in [0, 0.1) is 0 Å². The van der Waals surface area contributed by atoms with Crippen LogP contribution in [0.25, 0.3) is 0 Å². The van der Waals surface area contributed by atoms with Gasteiger partial charge in [0, 0.05) is 12.2 Å². The normalized spacial score (nSPS) is 16.0. The van der Waals surface area contributed by atoms with Crippen molar-refractivity contribution in [2.24, 2.45) is 0 Å². The molecule has 5 heteroatoms. The van der Waals surface area contributed by atoms with Gasteiger partial charge in [-0.15, -0.1) is 11.8 Å². The summed E-state index contributed by atoms with van der Waals surface area (Å²) >= 11 is 6.47. The Morgan fingerprint density at radius 2 is 2.36 bits per heavy atom. The van der Waals surface area contributed by atoms with Crippen molar-refractivity contribution in [1.82, 2.24) is 0 Å². The van der Waals surface area contributed by atoms with Crippen molar-refractivity contribution < 1.29 is 9.18 Å². The number of carbonyl (C=O) groups excluding carboxylic acids is 1. The summed E-state index contributed by atoms with van der Waals surface area (Å²) in [7, 11) is 0. The Bertz CT molecular complexity index is 141. The van der Waals surface area contributed by atoms with Gasteiger partial charge in [0.2, 0.25) is 0 Å². The van der Waals surface area contributed by atoms with Crippen molar-refractivity contribution in [1.29, 1.82) is 0 Å². The van der Waals surface area contributed by atoms with Crippen LogP contribution in [-0.4, -0.2) is 20.3 Å². The predicted octanol–water partition coefficient (Wildman–Crippen LogP) is 2.69. The van der Waals surface area contributed by atoms with Crippen molar-refractivity contribution in [2.45, 2.75) is 16.4 Å². The summed E-state index contributed by atoms with van der Waals surface area (Å²) in [5.74, 6) is 0.801. The fourth-order valence-corrected chi connectivity index (χ4v) is 2.43. The zero-order chi connectivity index (χ0) is 8.91. The molecule has 0 spiro atoms. The highest BCUT2D eigenvalue weighted by Crippen LogP contribution is 2.36. The Hall–Kier alpha value is 1.03. The van der Waals surface area contributed by atoms with Gasteiger partial charge in [0.1, 0.15) is 0 Å². The SMILES string of the molecule is CCC(=O)C(F)(I)SCCS. The first-order chi connectivity index (χ1) is 5.04. The minimum atomic E-state index is -1.74. The molecular weight excluding hydrogens is 298 g/mol. The minimum absolute atomic E-state index is 0.249. The van der Waals surface area contributed by atoms with Gasteiger partial charge in [0.15, 0.2) is 5.78 Å². The third-order valence-corrected chi connectivity index (χ3v) is 4.08. The van der Waals surface area contributed by atoms with Crippen LogP contribution in [0.1, 0.15) is 13.3 Å². The molecule has 0 aliphatic rings. The molecule has 0 amide bonds. The van der Waals surface area contributed by atoms with Crippen LogP contribution in [0.15, 0.2) is 0 Å². The van der Waals surface area contributed by atoms with E-state index in [0.29, 0.717) is 11.5 Å². The minimum Gasteiger partial charge on any atom is -0.294 e. The third-order valence-electron chi connectivity index (χ3n) is 1.02. The van der Waals surface area contributed by atoms with Crippen LogP contribution >= 0.6 is 47.0 Å². The summed E-state index contributed by atoms with van der Waals surface area (Å²) in [5, 5.41) is 0. The molecule has 0 aromatic rings. The molecule has 66 valence electrons. The molecule has 0 aromatic heterocycles. The van der Waals surface area contributed by atoms with E-state index in [-0.39, 0.29) is 12.2 Å². The fourth-order valence-electron chi connectivity index (χ4n) is 0.460. The number of thiol groups is 1. The summed E-state index contributed by atoms with van der Waals surface area (Å²) in [6.07, 6.45) is 0.249. The number of Topliss-reactive ketones (excluding diaryl/α,β-unsaturated/α-hetero) is 1. The van der Waals surface area contributed by atoms with E-state index in [9.17, 15) is 9.18 Å². The second kappa shape index (κ2) is 5.64. The summed E-state index contributed by atoms with van der Waals surface area (Å²) in [6, 6.07) is 0. The molecule has 1 nitrogen and oxygen atoms in total. The largest absolute Gasteiger partial charge is 0.294 e. The summed E-state index contributed by atoms with van der Waals surface area (Å²) in [6.45, 7) is 1.66. The molecule has 11 heavy (non-hydrogen) atoms. The lowest BCUT2D eigenvalue weighted by Crippen LogP contribution is -2.22. The Labute approximate surface area is 89.4 Å². The van der Waals surface area contributed by atoms with Crippen molar-refractivity contribution in [3.8, 4) is 0 Å². The number of ketones is 1. The van der Waals surface area contributed by atoms with E-state index in [0.717, 1.165) is 11.8 Å². The van der Waals surface area contributed by atoms with E-state index in [1.165, 1.54) is 22.6 Å². The van der Waals surface area contributed by atoms with Crippen LogP contribution in [0.4, 0.5) is 4.39 Å². The lowest BCUT2D eigenvalue weighted by Gasteiger charge is -2.14. The highest BCUT2D eigenvalue weighted by atomic mass is 127. The van der Waals surface area contributed by atoms with Crippen LogP contribution in [0.2, 0.25) is 0 Å². The van der Waals surface area contributed by atoms with Crippen molar-refractivity contribution in [3.63, 3.8) is 0 Å². The lowest BCUT2D eigenvalue weighted by atomic mass is 10.3. The Morgan fingerprint density at radius 3 is 2.73 bits per heavy atom. The number of rotatable bonds is 5. The number of alkyl halides is 2. The highest BCUT2D eigenvalue weighted by Gasteiger charge is 2.33. The predicted molar refractivity (Wildman–Crippen MR) is 59.5 cm³/mol. The van der Waals surface area contributed by atoms with Gasteiger partial charge in [-0.05, 0) is 28.3 Å². The van der Waals surface area contributed by atoms with Crippen LogP contribution in [0.5, 0.6) is 0 Å². The molecule has 0 saturated carbocycles. The van der Waals surface area contributed by atoms with Gasteiger partial charge < -0.3 is 0 Å². The third kappa shape index (κ3) is 4.57. The maximum atomic E-state index is 13.2. The van der Waals surface area contributed by atoms with E-state index in [1.54, 1.807) is 6.92 Å². The Morgan fingerprint density at radius 1 is 1.82 bits per heavy atom. The topological polar surface area (TPSA) is 17.1 Å². The Balaban J connectivity index is 3.88. The molecule has 0 N–H and O–H groups in total. The van der Waals surface area contributed by atoms with E-state index < -0.39 is 3.01 Å². The molecule has 0 rings (SSSR count). The van der Waals surface area contributed by atoms with E-state index >= 15 is 0 Å². The molecule has 0 bridgehead atoms. The smallest absolute Gasteiger partial charge is 0.263 e. The maximum absolute atomic E-state index is 13.2. The van der Waals surface area contributed by atoms with Gasteiger partial charge >= 0.3 is 0 Å². The molecule has 0 heterocycles. The zero-order valence-electron chi connectivity index (χ0n) is 6.14. The molecule has 0 aliphatic carbocycles. The number of hydrogen-bond donors (Lipinski definition) is 1. The number of thioether (sulfide) groups is 1. The van der Waals surface area contributed by atoms with E-state index in [1.807, 2.05) is 0 Å². The number of halogens is 2. The molecule has 1 atom stereocenters. The van der Waals surface area contributed by atoms with E-state index in [4.69, 9.17) is 0 Å². The first-order valence-corrected chi connectivity index (χ1v) is 5.90. The van der Waals surface area contributed by atoms with Gasteiger partial charge in [-0.1, -0.05) is 6.92 Å². The summed E-state index contributed by atoms with van der Waals surface area (Å²) < 4.78 is 11.5. The lowest BCUT2D eigenvalue weighted by molar-refractivity contribution is -0.121. The number of carbonyl (C=O) groups is 1. The van der Waals surface area contributed by atoms with Crippen LogP contribution in [0.3, 0.4) is 0 Å². The molecule has 0 saturated heterocycles. The first-order valence-electron chi connectivity index (χ1n) is 3.20. The number of hydrogen-bond acceptors (Lipinski definition) is 3. The van der Waals surface area contributed by atoms with Gasteiger partial charge in [0.25, 0.3) is 3.01 Å². The second-order valence-electron chi connectivity index (χ2n) is 1.87. The molecule has 0 aliphatic heterocycles. The average molecular weight is 308 g/mol. The second-order valence-corrected chi connectivity index (χ2v) is 5.79. The van der Waals surface area contributed by atoms with Crippen molar-refractivity contribution >= 4 is 52.8 Å². The molecule has 0 radical (unpaired) electrons. The van der Waals surface area contributed by atoms with Crippen molar-refractivity contribution in [2.75, 3.05) is 11.5 Å². The fraction of sp³-hybridized carbons (Fsp3) is 0.833. The van der Waals surface area contributed by atoms with Crippen LogP contribution in [-0.2, 0) is 4.79 Å². The average Bonchev–Trinajstić information content (AvgIpc) is 1.99. The molecule has 1 unspecified atom stereocenters. The first kappa shape index (κ1) is 12.0. The summed E-state index contributed by atoms with van der Waals surface area (Å²) in [4.78, 5) is 10.9. The molecular formula is C6H10FIOS2. The van der Waals surface area contributed by atoms with Gasteiger partial charge in [-0.25, -0.2) is 4.39 Å². The van der Waals surface area contributed by atoms with Crippen LogP contribution < -0.4 is 0 Å². The Kier molecular flexibility index (Phi) is 6.17. The summed E-state index contributed by atoms with van der Waals surface area (Å²) in [5.41, 5.74) is 0. The van der Waals surface area contributed by atoms with E-state index in [2.05, 4.69) is 12.6 Å². The zero-order valence-corrected chi connectivity index (χ0v) is 10.0. The van der Waals surface area contributed by atoms with Gasteiger partial charge in [0.05, 0.1) is 0 Å². The molecule has 0 aromatic carbocycles. The maximum Gasteiger partial charge on any atom is 0.263 e. The highest BCUT2D eigenvalue weighted by molar-refractivity contribution is 14.1. The molecule has 0 fully saturated rings. The monoisotopic (exact) mass is 308 g/mol.